The molecule has 0 spiro atoms. The first-order valence-corrected chi connectivity index (χ1v) is 5.57. The summed E-state index contributed by atoms with van der Waals surface area (Å²) in [6, 6.07) is 3.85. The van der Waals surface area contributed by atoms with Crippen molar-refractivity contribution in [3.63, 3.8) is 0 Å². The molecule has 0 aliphatic rings. The van der Waals surface area contributed by atoms with E-state index in [1.807, 2.05) is 0 Å². The Morgan fingerprint density at radius 3 is 2.47 bits per heavy atom. The predicted octanol–water partition coefficient (Wildman–Crippen LogP) is 2.42. The van der Waals surface area contributed by atoms with Crippen LogP contribution in [0, 0.1) is 5.82 Å². The van der Waals surface area contributed by atoms with Gasteiger partial charge in [0, 0.05) is 5.56 Å². The van der Waals surface area contributed by atoms with E-state index in [2.05, 4.69) is 17.0 Å². The van der Waals surface area contributed by atoms with Gasteiger partial charge in [0.05, 0.1) is 6.61 Å². The molecule has 8 heteroatoms. The quantitative estimate of drug-likeness (QED) is 0.497. The van der Waals surface area contributed by atoms with E-state index in [0.717, 1.165) is 6.07 Å². The van der Waals surface area contributed by atoms with Crippen molar-refractivity contribution in [2.45, 2.75) is 6.18 Å². The molecule has 0 bridgehead atoms. The molecule has 0 atom stereocenters. The van der Waals surface area contributed by atoms with Gasteiger partial charge in [-0.2, -0.15) is 13.2 Å². The molecular weight excluding hydrogens is 286 g/mol. The number of hydrogen-bond donors (Lipinski definition) is 1. The molecule has 0 saturated heterocycles. The minimum absolute atomic E-state index is 0.0407. The molecule has 106 valence electrons. The lowest BCUT2D eigenvalue weighted by Gasteiger charge is -2.10. The summed E-state index contributed by atoms with van der Waals surface area (Å²) in [6.45, 7) is -1.85. The number of benzene rings is 1. The van der Waals surface area contributed by atoms with Gasteiger partial charge in [-0.3, -0.25) is 0 Å². The summed E-state index contributed by atoms with van der Waals surface area (Å²) < 4.78 is 57.9. The third-order valence-corrected chi connectivity index (χ3v) is 2.20. The van der Waals surface area contributed by atoms with Crippen LogP contribution in [0.5, 0.6) is 5.75 Å². The van der Waals surface area contributed by atoms with Gasteiger partial charge in [-0.25, -0.2) is 4.39 Å². The standard InChI is InChI=1S/C11H11F4NO2S/c12-8-5-7(10(16)19)1-2-9(8)18-4-3-17-6-11(13,14)15/h1-2,5H,3-4,6H2,(H2,16,19). The number of hydrogen-bond acceptors (Lipinski definition) is 3. The monoisotopic (exact) mass is 297 g/mol. The largest absolute Gasteiger partial charge is 0.488 e. The minimum atomic E-state index is -4.39. The molecular formula is C11H11F4NO2S. The summed E-state index contributed by atoms with van der Waals surface area (Å²) in [4.78, 5) is 0.0407. The highest BCUT2D eigenvalue weighted by Crippen LogP contribution is 2.18. The van der Waals surface area contributed by atoms with Crippen molar-refractivity contribution in [1.29, 1.82) is 0 Å². The number of halogens is 4. The Labute approximate surface area is 112 Å². The third kappa shape index (κ3) is 5.84. The molecule has 0 aliphatic carbocycles. The molecule has 1 rings (SSSR count). The second-order valence-electron chi connectivity index (χ2n) is 3.53. The summed E-state index contributed by atoms with van der Waals surface area (Å²) in [7, 11) is 0. The van der Waals surface area contributed by atoms with Crippen molar-refractivity contribution in [2.75, 3.05) is 19.8 Å². The zero-order chi connectivity index (χ0) is 14.5. The number of thiocarbonyl (C=S) groups is 1. The maximum Gasteiger partial charge on any atom is 0.411 e. The van der Waals surface area contributed by atoms with Crippen molar-refractivity contribution in [2.24, 2.45) is 5.73 Å². The van der Waals surface area contributed by atoms with E-state index in [4.69, 9.17) is 10.5 Å². The molecule has 0 saturated carbocycles. The number of nitrogens with two attached hydrogens (primary N) is 1. The molecule has 2 N–H and O–H groups in total. The predicted molar refractivity (Wildman–Crippen MR) is 64.7 cm³/mol. The molecule has 3 nitrogen and oxygen atoms in total. The highest BCUT2D eigenvalue weighted by atomic mass is 32.1. The lowest BCUT2D eigenvalue weighted by molar-refractivity contribution is -0.175. The van der Waals surface area contributed by atoms with Crippen LogP contribution in [0.4, 0.5) is 17.6 Å². The van der Waals surface area contributed by atoms with Gasteiger partial charge in [0.25, 0.3) is 0 Å². The van der Waals surface area contributed by atoms with E-state index in [1.54, 1.807) is 0 Å². The van der Waals surface area contributed by atoms with Crippen LogP contribution in [-0.4, -0.2) is 31.0 Å². The zero-order valence-electron chi connectivity index (χ0n) is 9.67. The fourth-order valence-electron chi connectivity index (χ4n) is 1.17. The first-order chi connectivity index (χ1) is 8.79. The highest BCUT2D eigenvalue weighted by Gasteiger charge is 2.27. The first-order valence-electron chi connectivity index (χ1n) is 5.16. The van der Waals surface area contributed by atoms with Crippen LogP contribution in [0.15, 0.2) is 18.2 Å². The summed E-state index contributed by atoms with van der Waals surface area (Å²) >= 11 is 4.67. The van der Waals surface area contributed by atoms with Gasteiger partial charge >= 0.3 is 6.18 Å². The molecule has 1 aromatic rings. The van der Waals surface area contributed by atoms with Crippen LogP contribution in [0.25, 0.3) is 0 Å². The van der Waals surface area contributed by atoms with E-state index in [1.165, 1.54) is 12.1 Å². The summed E-state index contributed by atoms with van der Waals surface area (Å²) in [5, 5.41) is 0. The summed E-state index contributed by atoms with van der Waals surface area (Å²) in [5.41, 5.74) is 5.65. The lowest BCUT2D eigenvalue weighted by Crippen LogP contribution is -2.19. The van der Waals surface area contributed by atoms with Crippen molar-refractivity contribution >= 4 is 17.2 Å². The molecule has 0 aromatic heterocycles. The van der Waals surface area contributed by atoms with Crippen LogP contribution < -0.4 is 10.5 Å². The van der Waals surface area contributed by atoms with Gasteiger partial charge in [-0.15, -0.1) is 0 Å². The average molecular weight is 297 g/mol. The number of ether oxygens (including phenoxy) is 2. The molecule has 19 heavy (non-hydrogen) atoms. The zero-order valence-corrected chi connectivity index (χ0v) is 10.5. The van der Waals surface area contributed by atoms with Gasteiger partial charge in [0.2, 0.25) is 0 Å². The summed E-state index contributed by atoms with van der Waals surface area (Å²) in [6.07, 6.45) is -4.39. The molecule has 0 unspecified atom stereocenters. The molecule has 0 amide bonds. The van der Waals surface area contributed by atoms with Crippen molar-refractivity contribution in [1.82, 2.24) is 0 Å². The number of rotatable bonds is 6. The third-order valence-electron chi connectivity index (χ3n) is 1.97. The highest BCUT2D eigenvalue weighted by molar-refractivity contribution is 7.80. The van der Waals surface area contributed by atoms with Crippen molar-refractivity contribution in [3.8, 4) is 5.75 Å². The fraction of sp³-hybridized carbons (Fsp3) is 0.364. The Morgan fingerprint density at radius 1 is 1.26 bits per heavy atom. The van der Waals surface area contributed by atoms with E-state index in [0.29, 0.717) is 5.56 Å². The Hall–Kier alpha value is -1.41. The first kappa shape index (κ1) is 15.6. The maximum atomic E-state index is 13.4. The van der Waals surface area contributed by atoms with Gasteiger partial charge in [-0.1, -0.05) is 12.2 Å². The Kier molecular flexibility index (Phi) is 5.49. The molecule has 1 aromatic carbocycles. The van der Waals surface area contributed by atoms with Gasteiger partial charge in [0.1, 0.15) is 18.2 Å². The second-order valence-corrected chi connectivity index (χ2v) is 3.97. The van der Waals surface area contributed by atoms with Crippen LogP contribution in [0.2, 0.25) is 0 Å². The van der Waals surface area contributed by atoms with E-state index in [9.17, 15) is 17.6 Å². The maximum absolute atomic E-state index is 13.4. The summed E-state index contributed by atoms with van der Waals surface area (Å²) in [5.74, 6) is -0.795. The van der Waals surface area contributed by atoms with Gasteiger partial charge in [0.15, 0.2) is 11.6 Å². The van der Waals surface area contributed by atoms with Crippen LogP contribution >= 0.6 is 12.2 Å². The van der Waals surface area contributed by atoms with Gasteiger partial charge < -0.3 is 15.2 Å². The van der Waals surface area contributed by atoms with Crippen molar-refractivity contribution < 1.29 is 27.0 Å². The molecule has 0 aliphatic heterocycles. The van der Waals surface area contributed by atoms with E-state index < -0.39 is 18.6 Å². The Balaban J connectivity index is 2.40. The van der Waals surface area contributed by atoms with Crippen LogP contribution in [0.1, 0.15) is 5.56 Å². The average Bonchev–Trinajstić information content (AvgIpc) is 2.28. The second kappa shape index (κ2) is 6.67. The fourth-order valence-corrected chi connectivity index (χ4v) is 1.30. The van der Waals surface area contributed by atoms with E-state index in [-0.39, 0.29) is 24.0 Å². The Bertz CT molecular complexity index is 451. The van der Waals surface area contributed by atoms with E-state index >= 15 is 0 Å². The minimum Gasteiger partial charge on any atom is -0.488 e. The SMILES string of the molecule is NC(=S)c1ccc(OCCOCC(F)(F)F)c(F)c1. The normalized spacial score (nSPS) is 11.4. The van der Waals surface area contributed by atoms with Crippen LogP contribution in [-0.2, 0) is 4.74 Å². The molecule has 0 radical (unpaired) electrons. The van der Waals surface area contributed by atoms with Gasteiger partial charge in [-0.05, 0) is 18.2 Å². The lowest BCUT2D eigenvalue weighted by atomic mass is 10.2. The molecule has 0 heterocycles. The number of alkyl halides is 3. The topological polar surface area (TPSA) is 44.5 Å². The Morgan fingerprint density at radius 2 is 1.95 bits per heavy atom. The smallest absolute Gasteiger partial charge is 0.411 e. The molecule has 0 fully saturated rings. The van der Waals surface area contributed by atoms with Crippen molar-refractivity contribution in [3.05, 3.63) is 29.6 Å². The van der Waals surface area contributed by atoms with Crippen LogP contribution in [0.3, 0.4) is 0 Å².